The summed E-state index contributed by atoms with van der Waals surface area (Å²) in [7, 11) is 0. The summed E-state index contributed by atoms with van der Waals surface area (Å²) in [5, 5.41) is 0.832. The molecule has 2 fully saturated rings. The first-order chi connectivity index (χ1) is 6.72. The number of hydrogen-bond acceptors (Lipinski definition) is 1. The van der Waals surface area contributed by atoms with Gasteiger partial charge in [-0.15, -0.1) is 0 Å². The lowest BCUT2D eigenvalue weighted by molar-refractivity contribution is 0.576. The number of benzene rings is 1. The van der Waals surface area contributed by atoms with Crippen molar-refractivity contribution in [1.82, 2.24) is 0 Å². The highest BCUT2D eigenvalue weighted by molar-refractivity contribution is 6.31. The molecule has 0 amide bonds. The van der Waals surface area contributed by atoms with Crippen LogP contribution in [0.25, 0.3) is 0 Å². The Morgan fingerprint density at radius 2 is 2.00 bits per heavy atom. The molecule has 2 aliphatic rings. The third-order valence-electron chi connectivity index (χ3n) is 3.63. The van der Waals surface area contributed by atoms with E-state index in [1.165, 1.54) is 12.8 Å². The van der Waals surface area contributed by atoms with Gasteiger partial charge in [0.25, 0.3) is 0 Å². The van der Waals surface area contributed by atoms with Crippen molar-refractivity contribution in [3.63, 3.8) is 0 Å². The molecule has 1 aromatic rings. The Morgan fingerprint density at radius 3 is 2.64 bits per heavy atom. The van der Waals surface area contributed by atoms with E-state index in [0.717, 1.165) is 22.9 Å². The second kappa shape index (κ2) is 2.74. The molecule has 14 heavy (non-hydrogen) atoms. The van der Waals surface area contributed by atoms with Crippen LogP contribution in [0.15, 0.2) is 24.3 Å². The molecule has 0 spiro atoms. The van der Waals surface area contributed by atoms with Crippen LogP contribution in [-0.4, -0.2) is 0 Å². The van der Waals surface area contributed by atoms with Crippen LogP contribution in [0, 0.1) is 11.8 Å². The minimum absolute atomic E-state index is 0.0977. The van der Waals surface area contributed by atoms with Gasteiger partial charge >= 0.3 is 0 Å². The van der Waals surface area contributed by atoms with Gasteiger partial charge in [0, 0.05) is 10.6 Å². The Bertz CT molecular complexity index is 372. The summed E-state index contributed by atoms with van der Waals surface area (Å²) in [6, 6.07) is 8.00. The molecule has 0 aromatic heterocycles. The third-order valence-corrected chi connectivity index (χ3v) is 3.96. The van der Waals surface area contributed by atoms with E-state index < -0.39 is 0 Å². The predicted molar refractivity (Wildman–Crippen MR) is 58.1 cm³/mol. The molecule has 2 N–H and O–H groups in total. The van der Waals surface area contributed by atoms with Gasteiger partial charge in [-0.3, -0.25) is 0 Å². The van der Waals surface area contributed by atoms with Crippen molar-refractivity contribution in [2.45, 2.75) is 24.8 Å². The molecule has 0 bridgehead atoms. The summed E-state index contributed by atoms with van der Waals surface area (Å²) < 4.78 is 0. The Balaban J connectivity index is 1.92. The predicted octanol–water partition coefficient (Wildman–Crippen LogP) is 2.92. The van der Waals surface area contributed by atoms with Gasteiger partial charge in [-0.05, 0) is 42.7 Å². The quantitative estimate of drug-likeness (QED) is 0.793. The molecular weight excluding hydrogens is 194 g/mol. The zero-order valence-electron chi connectivity index (χ0n) is 8.04. The zero-order valence-corrected chi connectivity index (χ0v) is 8.80. The second-order valence-corrected chi connectivity index (χ2v) is 5.08. The van der Waals surface area contributed by atoms with E-state index >= 15 is 0 Å². The van der Waals surface area contributed by atoms with Crippen molar-refractivity contribution in [3.05, 3.63) is 34.9 Å². The Kier molecular flexibility index (Phi) is 1.71. The van der Waals surface area contributed by atoms with Crippen LogP contribution in [0.3, 0.4) is 0 Å². The SMILES string of the molecule is NC1(c2ccccc2Cl)CC1C1CC1. The minimum Gasteiger partial charge on any atom is -0.321 e. The van der Waals surface area contributed by atoms with Gasteiger partial charge in [0.2, 0.25) is 0 Å². The lowest BCUT2D eigenvalue weighted by Gasteiger charge is -2.13. The maximum Gasteiger partial charge on any atom is 0.0460 e. The molecule has 0 aliphatic heterocycles. The maximum atomic E-state index is 6.37. The highest BCUT2D eigenvalue weighted by atomic mass is 35.5. The number of halogens is 1. The molecule has 2 saturated carbocycles. The number of hydrogen-bond donors (Lipinski definition) is 1. The lowest BCUT2D eigenvalue weighted by Crippen LogP contribution is -2.23. The van der Waals surface area contributed by atoms with Crippen molar-refractivity contribution in [3.8, 4) is 0 Å². The zero-order chi connectivity index (χ0) is 9.76. The molecule has 0 radical (unpaired) electrons. The van der Waals surface area contributed by atoms with Crippen molar-refractivity contribution >= 4 is 11.6 Å². The fraction of sp³-hybridized carbons (Fsp3) is 0.500. The summed E-state index contributed by atoms with van der Waals surface area (Å²) in [4.78, 5) is 0. The first kappa shape index (κ1) is 8.75. The molecule has 2 atom stereocenters. The lowest BCUT2D eigenvalue weighted by atomic mass is 10.0. The van der Waals surface area contributed by atoms with Gasteiger partial charge in [-0.2, -0.15) is 0 Å². The van der Waals surface area contributed by atoms with E-state index in [0.29, 0.717) is 5.92 Å². The van der Waals surface area contributed by atoms with Crippen LogP contribution in [0.4, 0.5) is 0 Å². The fourth-order valence-corrected chi connectivity index (χ4v) is 2.85. The Labute approximate surface area is 89.3 Å². The normalized spacial score (nSPS) is 35.7. The van der Waals surface area contributed by atoms with Crippen molar-refractivity contribution < 1.29 is 0 Å². The van der Waals surface area contributed by atoms with Gasteiger partial charge in [-0.1, -0.05) is 29.8 Å². The van der Waals surface area contributed by atoms with E-state index in [2.05, 4.69) is 6.07 Å². The summed E-state index contributed by atoms with van der Waals surface area (Å²) in [6.07, 6.45) is 3.86. The smallest absolute Gasteiger partial charge is 0.0460 e. The molecule has 74 valence electrons. The highest BCUT2D eigenvalue weighted by Crippen LogP contribution is 2.61. The maximum absolute atomic E-state index is 6.37. The number of nitrogens with two attached hydrogens (primary N) is 1. The van der Waals surface area contributed by atoms with Crippen LogP contribution >= 0.6 is 11.6 Å². The van der Waals surface area contributed by atoms with Crippen LogP contribution in [0.1, 0.15) is 24.8 Å². The summed E-state index contributed by atoms with van der Waals surface area (Å²) in [5.41, 5.74) is 7.42. The molecule has 1 nitrogen and oxygen atoms in total. The molecule has 0 heterocycles. The largest absolute Gasteiger partial charge is 0.321 e. The average molecular weight is 208 g/mol. The van der Waals surface area contributed by atoms with Gasteiger partial charge in [0.05, 0.1) is 0 Å². The van der Waals surface area contributed by atoms with Crippen molar-refractivity contribution in [1.29, 1.82) is 0 Å². The van der Waals surface area contributed by atoms with Gasteiger partial charge in [-0.25, -0.2) is 0 Å². The second-order valence-electron chi connectivity index (χ2n) is 4.67. The topological polar surface area (TPSA) is 26.0 Å². The van der Waals surface area contributed by atoms with Crippen molar-refractivity contribution in [2.24, 2.45) is 17.6 Å². The Morgan fingerprint density at radius 1 is 1.29 bits per heavy atom. The van der Waals surface area contributed by atoms with E-state index in [9.17, 15) is 0 Å². The van der Waals surface area contributed by atoms with Crippen molar-refractivity contribution in [2.75, 3.05) is 0 Å². The van der Waals surface area contributed by atoms with Crippen LogP contribution < -0.4 is 5.73 Å². The molecule has 1 aromatic carbocycles. The first-order valence-corrected chi connectivity index (χ1v) is 5.63. The summed E-state index contributed by atoms with van der Waals surface area (Å²) in [6.45, 7) is 0. The van der Waals surface area contributed by atoms with Gasteiger partial charge in [0.15, 0.2) is 0 Å². The van der Waals surface area contributed by atoms with Gasteiger partial charge in [0.1, 0.15) is 0 Å². The standard InChI is InChI=1S/C12H14ClN/c13-11-4-2-1-3-9(11)12(14)7-10(12)8-5-6-8/h1-4,8,10H,5-7,14H2. The Hall–Kier alpha value is -0.530. The molecule has 0 saturated heterocycles. The van der Waals surface area contributed by atoms with E-state index in [1.807, 2.05) is 18.2 Å². The summed E-state index contributed by atoms with van der Waals surface area (Å²) in [5.74, 6) is 1.58. The minimum atomic E-state index is -0.0977. The molecule has 2 aliphatic carbocycles. The number of rotatable bonds is 2. The van der Waals surface area contributed by atoms with Crippen LogP contribution in [0.2, 0.25) is 5.02 Å². The molecule has 2 heteroatoms. The monoisotopic (exact) mass is 207 g/mol. The molecule has 3 rings (SSSR count). The van der Waals surface area contributed by atoms with Gasteiger partial charge < -0.3 is 5.73 Å². The third kappa shape index (κ3) is 1.19. The highest BCUT2D eigenvalue weighted by Gasteiger charge is 2.58. The summed E-state index contributed by atoms with van der Waals surface area (Å²) >= 11 is 6.16. The first-order valence-electron chi connectivity index (χ1n) is 5.26. The molecule has 2 unspecified atom stereocenters. The average Bonchev–Trinajstić information content (AvgIpc) is 3.00. The van der Waals surface area contributed by atoms with E-state index in [1.54, 1.807) is 0 Å². The fourth-order valence-electron chi connectivity index (χ4n) is 2.54. The van der Waals surface area contributed by atoms with Crippen LogP contribution in [-0.2, 0) is 5.54 Å². The van der Waals surface area contributed by atoms with Crippen LogP contribution in [0.5, 0.6) is 0 Å². The van der Waals surface area contributed by atoms with E-state index in [-0.39, 0.29) is 5.54 Å². The molecular formula is C12H14ClN. The van der Waals surface area contributed by atoms with E-state index in [4.69, 9.17) is 17.3 Å².